The van der Waals surface area contributed by atoms with Gasteiger partial charge in [0.15, 0.2) is 6.71 Å². The molecule has 0 atom stereocenters. The first-order valence-electron chi connectivity index (χ1n) is 6.16. The van der Waals surface area contributed by atoms with Gasteiger partial charge in [0, 0.05) is 5.56 Å². The number of hydrogen-bond acceptors (Lipinski definition) is 0. The van der Waals surface area contributed by atoms with Crippen LogP contribution in [0.25, 0.3) is 0 Å². The normalized spacial score (nSPS) is 11.6. The largest absolute Gasteiger partial charge is 0.415 e. The highest BCUT2D eigenvalue weighted by Crippen LogP contribution is 2.28. The summed E-state index contributed by atoms with van der Waals surface area (Å²) < 4.78 is 38.7. The van der Waals surface area contributed by atoms with Crippen LogP contribution in [0.4, 0.5) is 13.2 Å². The molecule has 0 aliphatic rings. The Labute approximate surface area is 101 Å². The quantitative estimate of drug-likeness (QED) is 0.678. The van der Waals surface area contributed by atoms with Crippen LogP contribution in [0.5, 0.6) is 0 Å². The molecule has 0 aliphatic heterocycles. The van der Waals surface area contributed by atoms with E-state index in [2.05, 4.69) is 0 Å². The van der Waals surface area contributed by atoms with E-state index in [1.807, 2.05) is 13.8 Å². The van der Waals surface area contributed by atoms with Gasteiger partial charge in [0.05, 0.1) is 0 Å². The van der Waals surface area contributed by atoms with Crippen molar-refractivity contribution >= 4 is 12.2 Å². The third-order valence-electron chi connectivity index (χ3n) is 2.98. The number of hydrogen-bond donors (Lipinski definition) is 0. The van der Waals surface area contributed by atoms with E-state index in [0.29, 0.717) is 5.46 Å². The SMILES string of the molecule is CCCB(CCC)c1ccccc1C(F)(F)F. The molecular weight excluding hydrogens is 224 g/mol. The zero-order valence-electron chi connectivity index (χ0n) is 10.3. The lowest BCUT2D eigenvalue weighted by Crippen LogP contribution is -2.35. The minimum Gasteiger partial charge on any atom is -0.166 e. The van der Waals surface area contributed by atoms with Crippen LogP contribution >= 0.6 is 0 Å². The lowest BCUT2D eigenvalue weighted by molar-refractivity contribution is -0.136. The van der Waals surface area contributed by atoms with Crippen molar-refractivity contribution in [2.24, 2.45) is 0 Å². The van der Waals surface area contributed by atoms with Gasteiger partial charge >= 0.3 is 6.18 Å². The topological polar surface area (TPSA) is 0 Å². The van der Waals surface area contributed by atoms with Gasteiger partial charge in [0.25, 0.3) is 0 Å². The summed E-state index contributed by atoms with van der Waals surface area (Å²) in [5, 5.41) is 0. The molecule has 0 radical (unpaired) electrons. The fourth-order valence-corrected chi connectivity index (χ4v) is 2.26. The second kappa shape index (κ2) is 6.13. The highest BCUT2D eigenvalue weighted by Gasteiger charge is 2.35. The van der Waals surface area contributed by atoms with Gasteiger partial charge in [-0.3, -0.25) is 0 Å². The van der Waals surface area contributed by atoms with Crippen LogP contribution in [-0.2, 0) is 6.18 Å². The zero-order chi connectivity index (χ0) is 12.9. The molecular formula is C13H18BF3. The molecule has 0 spiro atoms. The average molecular weight is 242 g/mol. The maximum Gasteiger partial charge on any atom is 0.415 e. The second-order valence-electron chi connectivity index (χ2n) is 4.36. The van der Waals surface area contributed by atoms with Gasteiger partial charge in [-0.2, -0.15) is 13.2 Å². The molecule has 0 aromatic heterocycles. The lowest BCUT2D eigenvalue weighted by atomic mass is 9.39. The van der Waals surface area contributed by atoms with Gasteiger partial charge < -0.3 is 0 Å². The van der Waals surface area contributed by atoms with E-state index in [1.165, 1.54) is 12.1 Å². The first-order chi connectivity index (χ1) is 8.00. The number of benzene rings is 1. The van der Waals surface area contributed by atoms with Crippen LogP contribution in [0.1, 0.15) is 32.3 Å². The van der Waals surface area contributed by atoms with E-state index in [-0.39, 0.29) is 6.71 Å². The van der Waals surface area contributed by atoms with Gasteiger partial charge in [0.2, 0.25) is 0 Å². The average Bonchev–Trinajstić information content (AvgIpc) is 2.28. The second-order valence-corrected chi connectivity index (χ2v) is 4.36. The molecule has 0 amide bonds. The molecule has 0 heterocycles. The van der Waals surface area contributed by atoms with Crippen molar-refractivity contribution in [3.05, 3.63) is 29.8 Å². The Morgan fingerprint density at radius 3 is 2.00 bits per heavy atom. The summed E-state index contributed by atoms with van der Waals surface area (Å²) in [5.74, 6) is 0. The maximum absolute atomic E-state index is 12.9. The molecule has 0 nitrogen and oxygen atoms in total. The van der Waals surface area contributed by atoms with Crippen molar-refractivity contribution in [2.75, 3.05) is 0 Å². The first kappa shape index (κ1) is 14.1. The molecule has 0 unspecified atom stereocenters. The van der Waals surface area contributed by atoms with Crippen LogP contribution in [0.15, 0.2) is 24.3 Å². The summed E-state index contributed by atoms with van der Waals surface area (Å²) in [4.78, 5) is 0. The molecule has 94 valence electrons. The molecule has 1 aromatic rings. The minimum atomic E-state index is -4.24. The Hall–Kier alpha value is -0.925. The van der Waals surface area contributed by atoms with Crippen LogP contribution in [0.3, 0.4) is 0 Å². The van der Waals surface area contributed by atoms with Gasteiger partial charge in [-0.05, 0) is 0 Å². The predicted molar refractivity (Wildman–Crippen MR) is 67.0 cm³/mol. The Bertz CT molecular complexity index is 341. The molecule has 17 heavy (non-hydrogen) atoms. The Kier molecular flexibility index (Phi) is 5.10. The van der Waals surface area contributed by atoms with Crippen molar-refractivity contribution in [2.45, 2.75) is 45.5 Å². The van der Waals surface area contributed by atoms with E-state index in [1.54, 1.807) is 12.1 Å². The fourth-order valence-electron chi connectivity index (χ4n) is 2.26. The molecule has 0 aliphatic carbocycles. The predicted octanol–water partition coefficient (Wildman–Crippen LogP) is 4.23. The first-order valence-corrected chi connectivity index (χ1v) is 6.16. The van der Waals surface area contributed by atoms with Crippen molar-refractivity contribution in [1.29, 1.82) is 0 Å². The number of halogens is 3. The smallest absolute Gasteiger partial charge is 0.166 e. The third-order valence-corrected chi connectivity index (χ3v) is 2.98. The van der Waals surface area contributed by atoms with Crippen LogP contribution < -0.4 is 5.46 Å². The summed E-state index contributed by atoms with van der Waals surface area (Å²) >= 11 is 0. The van der Waals surface area contributed by atoms with Crippen molar-refractivity contribution < 1.29 is 13.2 Å². The lowest BCUT2D eigenvalue weighted by Gasteiger charge is -2.18. The summed E-state index contributed by atoms with van der Waals surface area (Å²) in [6, 6.07) is 5.97. The number of alkyl halides is 3. The number of rotatable bonds is 5. The van der Waals surface area contributed by atoms with E-state index < -0.39 is 11.7 Å². The Morgan fingerprint density at radius 1 is 1.00 bits per heavy atom. The van der Waals surface area contributed by atoms with Gasteiger partial charge in [-0.1, -0.05) is 69.1 Å². The summed E-state index contributed by atoms with van der Waals surface area (Å²) in [6.45, 7) is 4.06. The van der Waals surface area contributed by atoms with Gasteiger partial charge in [0.1, 0.15) is 0 Å². The molecule has 0 saturated carbocycles. The van der Waals surface area contributed by atoms with Crippen LogP contribution in [0.2, 0.25) is 12.6 Å². The van der Waals surface area contributed by atoms with Crippen molar-refractivity contribution in [3.63, 3.8) is 0 Å². The summed E-state index contributed by atoms with van der Waals surface area (Å²) in [6.07, 6.45) is -0.772. The fraction of sp³-hybridized carbons (Fsp3) is 0.538. The summed E-state index contributed by atoms with van der Waals surface area (Å²) in [5.41, 5.74) is -0.00407. The zero-order valence-corrected chi connectivity index (χ0v) is 10.3. The molecule has 1 aromatic carbocycles. The minimum absolute atomic E-state index is 0.0304. The van der Waals surface area contributed by atoms with E-state index >= 15 is 0 Å². The summed E-state index contributed by atoms with van der Waals surface area (Å²) in [7, 11) is 0. The third kappa shape index (κ3) is 3.79. The molecule has 0 bridgehead atoms. The molecule has 1 rings (SSSR count). The monoisotopic (exact) mass is 242 g/mol. The molecule has 0 fully saturated rings. The molecule has 0 saturated heterocycles. The van der Waals surface area contributed by atoms with Crippen LogP contribution in [0, 0.1) is 0 Å². The Balaban J connectivity index is 3.09. The van der Waals surface area contributed by atoms with E-state index in [9.17, 15) is 13.2 Å². The Morgan fingerprint density at radius 2 is 1.53 bits per heavy atom. The molecule has 4 heteroatoms. The standard InChI is InChI=1S/C13H18BF3/c1-3-9-14(10-4-2)12-8-6-5-7-11(12)13(15,16)17/h5-8H,3-4,9-10H2,1-2H3. The van der Waals surface area contributed by atoms with E-state index in [4.69, 9.17) is 0 Å². The van der Waals surface area contributed by atoms with Crippen molar-refractivity contribution in [3.8, 4) is 0 Å². The molecule has 0 N–H and O–H groups in total. The highest BCUT2D eigenvalue weighted by molar-refractivity contribution is 6.73. The maximum atomic E-state index is 12.9. The van der Waals surface area contributed by atoms with E-state index in [0.717, 1.165) is 25.5 Å². The van der Waals surface area contributed by atoms with Crippen LogP contribution in [-0.4, -0.2) is 6.71 Å². The van der Waals surface area contributed by atoms with Crippen molar-refractivity contribution in [1.82, 2.24) is 0 Å². The highest BCUT2D eigenvalue weighted by atomic mass is 19.4. The van der Waals surface area contributed by atoms with Gasteiger partial charge in [-0.25, -0.2) is 0 Å². The van der Waals surface area contributed by atoms with Gasteiger partial charge in [-0.15, -0.1) is 0 Å².